The van der Waals surface area contributed by atoms with E-state index in [2.05, 4.69) is 5.10 Å². The minimum absolute atomic E-state index is 0.128. The Morgan fingerprint density at radius 2 is 1.88 bits per heavy atom. The van der Waals surface area contributed by atoms with Gasteiger partial charge in [0.1, 0.15) is 13.2 Å². The molecule has 130 valence electrons. The summed E-state index contributed by atoms with van der Waals surface area (Å²) < 4.78 is 13.4. The molecule has 0 saturated heterocycles. The van der Waals surface area contributed by atoms with E-state index in [0.29, 0.717) is 11.1 Å². The molecule has 4 aromatic rings. The first-order chi connectivity index (χ1) is 12.7. The van der Waals surface area contributed by atoms with Crippen LogP contribution in [0.25, 0.3) is 16.8 Å². The minimum atomic E-state index is -0.577. The normalized spacial score (nSPS) is 10.9. The van der Waals surface area contributed by atoms with E-state index >= 15 is 0 Å². The molecule has 7 nitrogen and oxygen atoms in total. The van der Waals surface area contributed by atoms with Crippen LogP contribution >= 0.6 is 0 Å². The molecular formula is C19H15N3O4. The number of benzene rings is 2. The number of ether oxygens (including phenoxy) is 1. The summed E-state index contributed by atoms with van der Waals surface area (Å²) in [7, 11) is 0. The molecule has 0 radical (unpaired) electrons. The van der Waals surface area contributed by atoms with Crippen molar-refractivity contribution in [2.24, 2.45) is 0 Å². The number of para-hydroxylation sites is 2. The van der Waals surface area contributed by atoms with Crippen LogP contribution in [0.1, 0.15) is 5.56 Å². The molecule has 2 aromatic carbocycles. The van der Waals surface area contributed by atoms with Gasteiger partial charge in [-0.15, -0.1) is 0 Å². The molecule has 0 spiro atoms. The Balaban J connectivity index is 1.41. The summed E-state index contributed by atoms with van der Waals surface area (Å²) in [6, 6.07) is 16.3. The maximum atomic E-state index is 12.1. The number of carbonyl (C=O) groups is 1. The number of oxazole rings is 1. The van der Waals surface area contributed by atoms with E-state index in [0.717, 1.165) is 11.3 Å². The van der Waals surface area contributed by atoms with E-state index in [1.807, 2.05) is 36.5 Å². The SMILES string of the molecule is O=C(Cn1c(=O)oc2ccccc21)OCc1ccc(-n2cccn2)cc1. The minimum Gasteiger partial charge on any atom is -0.459 e. The molecule has 0 aliphatic carbocycles. The third-order valence-electron chi connectivity index (χ3n) is 3.97. The van der Waals surface area contributed by atoms with Crippen LogP contribution in [0.3, 0.4) is 0 Å². The van der Waals surface area contributed by atoms with Crippen LogP contribution in [0.15, 0.2) is 76.2 Å². The molecule has 0 unspecified atom stereocenters. The standard InChI is InChI=1S/C19H15N3O4/c23-18(12-21-16-4-1-2-5-17(16)26-19(21)24)25-13-14-6-8-15(9-7-14)22-11-3-10-20-22/h1-11H,12-13H2. The number of fused-ring (bicyclic) bond motifs is 1. The first-order valence-electron chi connectivity index (χ1n) is 8.04. The molecule has 0 fully saturated rings. The van der Waals surface area contributed by atoms with Gasteiger partial charge in [0.25, 0.3) is 0 Å². The van der Waals surface area contributed by atoms with E-state index in [1.54, 1.807) is 35.1 Å². The van der Waals surface area contributed by atoms with Crippen molar-refractivity contribution in [1.29, 1.82) is 0 Å². The third kappa shape index (κ3) is 3.14. The quantitative estimate of drug-likeness (QED) is 0.517. The number of carbonyl (C=O) groups excluding carboxylic acids is 1. The number of hydrogen-bond acceptors (Lipinski definition) is 5. The van der Waals surface area contributed by atoms with Crippen molar-refractivity contribution < 1.29 is 13.9 Å². The van der Waals surface area contributed by atoms with Crippen molar-refractivity contribution in [3.05, 3.63) is 83.1 Å². The van der Waals surface area contributed by atoms with Crippen molar-refractivity contribution >= 4 is 17.1 Å². The molecule has 0 aliphatic heterocycles. The Labute approximate surface area is 148 Å². The van der Waals surface area contributed by atoms with Gasteiger partial charge in [0.15, 0.2) is 5.58 Å². The predicted octanol–water partition coefficient (Wildman–Crippen LogP) is 2.52. The third-order valence-corrected chi connectivity index (χ3v) is 3.97. The van der Waals surface area contributed by atoms with E-state index in [9.17, 15) is 9.59 Å². The highest BCUT2D eigenvalue weighted by Gasteiger charge is 2.13. The van der Waals surface area contributed by atoms with Gasteiger partial charge < -0.3 is 9.15 Å². The largest absolute Gasteiger partial charge is 0.459 e. The summed E-state index contributed by atoms with van der Waals surface area (Å²) in [4.78, 5) is 24.0. The lowest BCUT2D eigenvalue weighted by molar-refractivity contribution is -0.145. The maximum absolute atomic E-state index is 12.1. The fourth-order valence-corrected chi connectivity index (χ4v) is 2.67. The highest BCUT2D eigenvalue weighted by atomic mass is 16.5. The van der Waals surface area contributed by atoms with Gasteiger partial charge in [0, 0.05) is 12.4 Å². The Kier molecular flexibility index (Phi) is 4.10. The second-order valence-corrected chi connectivity index (χ2v) is 5.70. The molecule has 0 N–H and O–H groups in total. The molecule has 0 aliphatic rings. The number of aromatic nitrogens is 3. The molecule has 2 aromatic heterocycles. The zero-order valence-electron chi connectivity index (χ0n) is 13.7. The molecule has 26 heavy (non-hydrogen) atoms. The lowest BCUT2D eigenvalue weighted by atomic mass is 10.2. The Hall–Kier alpha value is -3.61. The lowest BCUT2D eigenvalue weighted by Gasteiger charge is -2.07. The van der Waals surface area contributed by atoms with Gasteiger partial charge in [-0.1, -0.05) is 24.3 Å². The first kappa shape index (κ1) is 15.9. The fraction of sp³-hybridized carbons (Fsp3) is 0.105. The van der Waals surface area contributed by atoms with Gasteiger partial charge in [-0.05, 0) is 35.9 Å². The van der Waals surface area contributed by atoms with Crippen LogP contribution in [0.4, 0.5) is 0 Å². The van der Waals surface area contributed by atoms with Gasteiger partial charge >= 0.3 is 11.7 Å². The lowest BCUT2D eigenvalue weighted by Crippen LogP contribution is -2.21. The van der Waals surface area contributed by atoms with Gasteiger partial charge in [-0.3, -0.25) is 9.36 Å². The summed E-state index contributed by atoms with van der Waals surface area (Å²) >= 11 is 0. The van der Waals surface area contributed by atoms with Gasteiger partial charge in [-0.25, -0.2) is 9.48 Å². The van der Waals surface area contributed by atoms with E-state index in [4.69, 9.17) is 9.15 Å². The van der Waals surface area contributed by atoms with E-state index in [1.165, 1.54) is 4.57 Å². The number of nitrogens with zero attached hydrogens (tertiary/aromatic N) is 3. The van der Waals surface area contributed by atoms with Gasteiger partial charge in [0.05, 0.1) is 11.2 Å². The van der Waals surface area contributed by atoms with Gasteiger partial charge in [-0.2, -0.15) is 5.10 Å². The molecule has 7 heteroatoms. The fourth-order valence-electron chi connectivity index (χ4n) is 2.67. The number of rotatable bonds is 5. The Morgan fingerprint density at radius 3 is 2.65 bits per heavy atom. The molecule has 0 atom stereocenters. The highest BCUT2D eigenvalue weighted by molar-refractivity contribution is 5.76. The Bertz CT molecular complexity index is 1090. The van der Waals surface area contributed by atoms with Crippen LogP contribution in [0.2, 0.25) is 0 Å². The van der Waals surface area contributed by atoms with Gasteiger partial charge in [0.2, 0.25) is 0 Å². The maximum Gasteiger partial charge on any atom is 0.420 e. The number of hydrogen-bond donors (Lipinski definition) is 0. The topological polar surface area (TPSA) is 79.3 Å². The summed E-state index contributed by atoms with van der Waals surface area (Å²) in [5.74, 6) is -1.08. The molecule has 0 bridgehead atoms. The predicted molar refractivity (Wildman–Crippen MR) is 93.8 cm³/mol. The van der Waals surface area contributed by atoms with Crippen LogP contribution in [0, 0.1) is 0 Å². The van der Waals surface area contributed by atoms with Crippen molar-refractivity contribution in [3.8, 4) is 5.69 Å². The van der Waals surface area contributed by atoms with Crippen molar-refractivity contribution in [2.75, 3.05) is 0 Å². The molecule has 0 amide bonds. The Morgan fingerprint density at radius 1 is 1.08 bits per heavy atom. The molecule has 4 rings (SSSR count). The van der Waals surface area contributed by atoms with Crippen molar-refractivity contribution in [1.82, 2.24) is 14.3 Å². The first-order valence-corrected chi connectivity index (χ1v) is 8.04. The molecular weight excluding hydrogens is 334 g/mol. The number of esters is 1. The average molecular weight is 349 g/mol. The summed E-state index contributed by atoms with van der Waals surface area (Å²) in [5, 5.41) is 4.16. The highest BCUT2D eigenvalue weighted by Crippen LogP contribution is 2.12. The zero-order valence-corrected chi connectivity index (χ0v) is 13.7. The summed E-state index contributed by atoms with van der Waals surface area (Å²) in [6.07, 6.45) is 3.55. The van der Waals surface area contributed by atoms with Crippen LogP contribution in [-0.4, -0.2) is 20.3 Å². The van der Waals surface area contributed by atoms with Crippen LogP contribution < -0.4 is 5.76 Å². The second kappa shape index (κ2) is 6.72. The van der Waals surface area contributed by atoms with Crippen molar-refractivity contribution in [2.45, 2.75) is 13.2 Å². The average Bonchev–Trinajstić information content (AvgIpc) is 3.29. The van der Waals surface area contributed by atoms with E-state index < -0.39 is 11.7 Å². The second-order valence-electron chi connectivity index (χ2n) is 5.70. The summed E-state index contributed by atoms with van der Waals surface area (Å²) in [6.45, 7) is -0.0655. The van der Waals surface area contributed by atoms with E-state index in [-0.39, 0.29) is 13.2 Å². The van der Waals surface area contributed by atoms with Crippen molar-refractivity contribution in [3.63, 3.8) is 0 Å². The monoisotopic (exact) mass is 349 g/mol. The summed E-state index contributed by atoms with van der Waals surface area (Å²) in [5.41, 5.74) is 2.78. The molecule has 0 saturated carbocycles. The molecule has 2 heterocycles. The zero-order chi connectivity index (χ0) is 17.9. The smallest absolute Gasteiger partial charge is 0.420 e. The van der Waals surface area contributed by atoms with Crippen LogP contribution in [0.5, 0.6) is 0 Å². The van der Waals surface area contributed by atoms with Crippen LogP contribution in [-0.2, 0) is 22.7 Å².